The minimum absolute atomic E-state index is 0. The molecule has 0 aliphatic rings. The Hall–Kier alpha value is -2.10. The van der Waals surface area contributed by atoms with E-state index in [4.69, 9.17) is 4.42 Å². The molecule has 0 radical (unpaired) electrons. The smallest absolute Gasteiger partial charge is 0.138 e. The highest BCUT2D eigenvalue weighted by Crippen LogP contribution is 2.20. The molecule has 0 spiro atoms. The Morgan fingerprint density at radius 2 is 1.87 bits per heavy atom. The second-order valence-corrected chi connectivity index (χ2v) is 5.41. The summed E-state index contributed by atoms with van der Waals surface area (Å²) in [4.78, 5) is 2.21. The zero-order valence-electron chi connectivity index (χ0n) is 12.9. The van der Waals surface area contributed by atoms with E-state index in [9.17, 15) is 4.39 Å². The Kier molecular flexibility index (Phi) is 5.97. The van der Waals surface area contributed by atoms with E-state index in [1.165, 1.54) is 17.7 Å². The maximum Gasteiger partial charge on any atom is 0.138 e. The molecule has 0 fully saturated rings. The summed E-state index contributed by atoms with van der Waals surface area (Å²) in [6, 6.07) is 14.7. The second-order valence-electron chi connectivity index (χ2n) is 5.41. The van der Waals surface area contributed by atoms with Crippen molar-refractivity contribution in [3.63, 3.8) is 0 Å². The van der Waals surface area contributed by atoms with Crippen LogP contribution >= 0.6 is 12.4 Å². The van der Waals surface area contributed by atoms with Crippen LogP contribution in [0.25, 0.3) is 17.0 Å². The Labute approximate surface area is 141 Å². The molecule has 0 amide bonds. The van der Waals surface area contributed by atoms with Crippen molar-refractivity contribution in [1.29, 1.82) is 0 Å². The van der Waals surface area contributed by atoms with Crippen LogP contribution in [0.5, 0.6) is 0 Å². The number of nitrogens with zero attached hydrogens (tertiary/aromatic N) is 1. The molecule has 3 aromatic rings. The van der Waals surface area contributed by atoms with E-state index in [1.54, 1.807) is 18.4 Å². The molecule has 3 rings (SSSR count). The molecule has 0 unspecified atom stereocenters. The normalized spacial score (nSPS) is 11.3. The van der Waals surface area contributed by atoms with Crippen LogP contribution < -0.4 is 0 Å². The number of para-hydroxylation sites is 1. The van der Waals surface area contributed by atoms with E-state index >= 15 is 0 Å². The number of likely N-dealkylation sites (N-methyl/N-ethyl adjacent to an activating group) is 1. The third-order valence-corrected chi connectivity index (χ3v) is 3.60. The van der Waals surface area contributed by atoms with Crippen molar-refractivity contribution in [2.45, 2.75) is 6.54 Å². The Morgan fingerprint density at radius 1 is 1.09 bits per heavy atom. The average Bonchev–Trinajstić information content (AvgIpc) is 2.99. The summed E-state index contributed by atoms with van der Waals surface area (Å²) in [7, 11) is 2.07. The lowest BCUT2D eigenvalue weighted by Gasteiger charge is -2.14. The molecule has 0 N–H and O–H groups in total. The quantitative estimate of drug-likeness (QED) is 0.643. The molecule has 1 heterocycles. The van der Waals surface area contributed by atoms with Crippen molar-refractivity contribution >= 4 is 29.5 Å². The van der Waals surface area contributed by atoms with Crippen LogP contribution in [-0.4, -0.2) is 18.5 Å². The number of furan rings is 1. The topological polar surface area (TPSA) is 16.4 Å². The Balaban J connectivity index is 0.00000192. The van der Waals surface area contributed by atoms with E-state index in [0.29, 0.717) is 0 Å². The molecule has 0 saturated heterocycles. The van der Waals surface area contributed by atoms with Gasteiger partial charge in [0.2, 0.25) is 0 Å². The van der Waals surface area contributed by atoms with Crippen LogP contribution in [0.15, 0.2) is 65.3 Å². The largest absolute Gasteiger partial charge is 0.464 e. The van der Waals surface area contributed by atoms with Gasteiger partial charge in [0, 0.05) is 24.0 Å². The minimum atomic E-state index is -0.208. The van der Waals surface area contributed by atoms with E-state index in [0.717, 1.165) is 29.6 Å². The van der Waals surface area contributed by atoms with Gasteiger partial charge >= 0.3 is 0 Å². The van der Waals surface area contributed by atoms with Crippen LogP contribution in [0.2, 0.25) is 0 Å². The first-order valence-corrected chi connectivity index (χ1v) is 7.28. The van der Waals surface area contributed by atoms with Gasteiger partial charge in [-0.05, 0) is 30.8 Å². The molecule has 120 valence electrons. The van der Waals surface area contributed by atoms with Gasteiger partial charge in [0.25, 0.3) is 0 Å². The molecular formula is C19H19ClFNO. The third kappa shape index (κ3) is 4.44. The Bertz CT molecular complexity index is 779. The molecule has 2 aromatic carbocycles. The summed E-state index contributed by atoms with van der Waals surface area (Å²) in [6.45, 7) is 1.63. The Morgan fingerprint density at radius 3 is 2.65 bits per heavy atom. The third-order valence-electron chi connectivity index (χ3n) is 3.60. The van der Waals surface area contributed by atoms with Gasteiger partial charge in [-0.25, -0.2) is 4.39 Å². The lowest BCUT2D eigenvalue weighted by molar-refractivity contribution is 0.363. The van der Waals surface area contributed by atoms with Crippen LogP contribution in [0.1, 0.15) is 11.1 Å². The van der Waals surface area contributed by atoms with Crippen LogP contribution in [0.4, 0.5) is 4.39 Å². The van der Waals surface area contributed by atoms with Crippen LogP contribution in [0, 0.1) is 5.82 Å². The molecule has 0 atom stereocenters. The highest BCUT2D eigenvalue weighted by molar-refractivity contribution is 5.85. The first-order valence-electron chi connectivity index (χ1n) is 7.28. The maximum absolute atomic E-state index is 12.8. The van der Waals surface area contributed by atoms with E-state index < -0.39 is 0 Å². The second kappa shape index (κ2) is 7.95. The summed E-state index contributed by atoms with van der Waals surface area (Å²) in [6.07, 6.45) is 5.81. The summed E-state index contributed by atoms with van der Waals surface area (Å²) in [5, 5.41) is 1.13. The van der Waals surface area contributed by atoms with Gasteiger partial charge in [-0.1, -0.05) is 42.5 Å². The van der Waals surface area contributed by atoms with Crippen molar-refractivity contribution in [2.24, 2.45) is 0 Å². The fourth-order valence-corrected chi connectivity index (χ4v) is 2.48. The lowest BCUT2D eigenvalue weighted by atomic mass is 10.1. The molecule has 1 aromatic heterocycles. The number of rotatable bonds is 5. The van der Waals surface area contributed by atoms with Gasteiger partial charge in [0.15, 0.2) is 0 Å². The molecule has 23 heavy (non-hydrogen) atoms. The predicted octanol–water partition coefficient (Wildman–Crippen LogP) is 5.14. The van der Waals surface area contributed by atoms with Crippen molar-refractivity contribution < 1.29 is 8.81 Å². The predicted molar refractivity (Wildman–Crippen MR) is 95.2 cm³/mol. The van der Waals surface area contributed by atoms with Gasteiger partial charge < -0.3 is 4.42 Å². The van der Waals surface area contributed by atoms with Crippen molar-refractivity contribution in [3.8, 4) is 0 Å². The maximum atomic E-state index is 12.8. The molecule has 4 heteroatoms. The summed E-state index contributed by atoms with van der Waals surface area (Å²) in [5.41, 5.74) is 3.14. The summed E-state index contributed by atoms with van der Waals surface area (Å²) >= 11 is 0. The molecular weight excluding hydrogens is 313 g/mol. The van der Waals surface area contributed by atoms with Crippen LogP contribution in [-0.2, 0) is 6.54 Å². The lowest BCUT2D eigenvalue weighted by Crippen LogP contribution is -2.17. The van der Waals surface area contributed by atoms with Crippen molar-refractivity contribution in [1.82, 2.24) is 4.90 Å². The number of benzene rings is 2. The van der Waals surface area contributed by atoms with Gasteiger partial charge in [-0.2, -0.15) is 0 Å². The minimum Gasteiger partial charge on any atom is -0.464 e. The number of hydrogen-bond acceptors (Lipinski definition) is 2. The van der Waals surface area contributed by atoms with E-state index in [1.807, 2.05) is 12.1 Å². The standard InChI is InChI=1S/C19H18FNO.ClH/c1-21(12-3-4-15-7-9-18(20)10-8-15)14-17-6-2-5-16-11-13-22-19(16)17;/h2-11,13H,12,14H2,1H3;1H/b4-3+;. The van der Waals surface area contributed by atoms with Gasteiger partial charge in [-0.15, -0.1) is 12.4 Å². The number of fused-ring (bicyclic) bond motifs is 1. The molecule has 0 saturated carbocycles. The van der Waals surface area contributed by atoms with Gasteiger partial charge in [0.1, 0.15) is 11.4 Å². The fourth-order valence-electron chi connectivity index (χ4n) is 2.48. The fraction of sp³-hybridized carbons (Fsp3) is 0.158. The summed E-state index contributed by atoms with van der Waals surface area (Å²) in [5.74, 6) is -0.208. The van der Waals surface area contributed by atoms with Crippen molar-refractivity contribution in [2.75, 3.05) is 13.6 Å². The van der Waals surface area contributed by atoms with Crippen molar-refractivity contribution in [3.05, 3.63) is 77.8 Å². The first kappa shape index (κ1) is 17.3. The summed E-state index contributed by atoms with van der Waals surface area (Å²) < 4.78 is 18.4. The molecule has 2 nitrogen and oxygen atoms in total. The molecule has 0 aliphatic carbocycles. The average molecular weight is 332 g/mol. The highest BCUT2D eigenvalue weighted by atomic mass is 35.5. The zero-order chi connectivity index (χ0) is 15.4. The SMILES string of the molecule is CN(C/C=C/c1ccc(F)cc1)Cc1cccc2ccoc12.Cl. The molecule has 0 aliphatic heterocycles. The van der Waals surface area contributed by atoms with E-state index in [-0.39, 0.29) is 18.2 Å². The first-order chi connectivity index (χ1) is 10.7. The van der Waals surface area contributed by atoms with Gasteiger partial charge in [-0.3, -0.25) is 4.90 Å². The molecule has 0 bridgehead atoms. The van der Waals surface area contributed by atoms with Gasteiger partial charge in [0.05, 0.1) is 6.26 Å². The van der Waals surface area contributed by atoms with Crippen LogP contribution in [0.3, 0.4) is 0 Å². The number of halogens is 2. The van der Waals surface area contributed by atoms with E-state index in [2.05, 4.69) is 36.2 Å². The highest BCUT2D eigenvalue weighted by Gasteiger charge is 2.05. The monoisotopic (exact) mass is 331 g/mol. The zero-order valence-corrected chi connectivity index (χ0v) is 13.7. The number of hydrogen-bond donors (Lipinski definition) is 0.